The van der Waals surface area contributed by atoms with Gasteiger partial charge in [0.05, 0.1) is 41.7 Å². The molecule has 5 rings (SSSR count). The lowest BCUT2D eigenvalue weighted by Gasteiger charge is -2.42. The van der Waals surface area contributed by atoms with E-state index in [0.717, 1.165) is 23.3 Å². The number of epoxide rings is 1. The number of allylic oxidation sites excluding steroid dienone is 3. The van der Waals surface area contributed by atoms with Gasteiger partial charge in [0.25, 0.3) is 0 Å². The number of amides is 3. The Hall–Kier alpha value is -4.08. The number of anilines is 3. The maximum Gasteiger partial charge on any atom is 0.412 e. The minimum atomic E-state index is -1.85. The van der Waals surface area contributed by atoms with Crippen molar-refractivity contribution >= 4 is 58.4 Å². The van der Waals surface area contributed by atoms with Crippen molar-refractivity contribution in [3.8, 4) is 5.75 Å². The van der Waals surface area contributed by atoms with Gasteiger partial charge in [0.15, 0.2) is 5.72 Å². The molecule has 3 amide bonds. The first-order valence-electron chi connectivity index (χ1n) is 16.1. The number of methoxy groups -OCH3 is 2. The van der Waals surface area contributed by atoms with Crippen molar-refractivity contribution in [2.24, 2.45) is 5.92 Å². The number of nitrogens with zero attached hydrogens (tertiary/aromatic N) is 1. The van der Waals surface area contributed by atoms with Crippen LogP contribution in [0.25, 0.3) is 0 Å². The Labute approximate surface area is 304 Å². The molecule has 0 unspecified atom stereocenters. The van der Waals surface area contributed by atoms with E-state index in [9.17, 15) is 23.9 Å². The summed E-state index contributed by atoms with van der Waals surface area (Å²) in [6.45, 7) is 5.32. The minimum Gasteiger partial charge on any atom is -0.495 e. The number of hydrogen-bond acceptors (Lipinski definition) is 10. The molecule has 16 heteroatoms. The number of nitrogens with two attached hydrogens (primary N) is 1. The van der Waals surface area contributed by atoms with Gasteiger partial charge in [0.1, 0.15) is 40.5 Å². The molecule has 13 nitrogen and oxygen atoms in total. The van der Waals surface area contributed by atoms with E-state index in [-0.39, 0.29) is 34.3 Å². The number of benzene rings is 2. The minimum absolute atomic E-state index is 0.0135. The molecule has 0 aromatic heterocycles. The number of hydrogen-bond donors (Lipinski definition) is 4. The average molecular weight is 752 g/mol. The number of nitrogens with one attached hydrogen (secondary N) is 2. The summed E-state index contributed by atoms with van der Waals surface area (Å²) in [6, 6.07) is 5.61. The molecular formula is C35H41Cl2FN4O9. The van der Waals surface area contributed by atoms with E-state index in [1.807, 2.05) is 13.0 Å². The first kappa shape index (κ1) is 38.2. The summed E-state index contributed by atoms with van der Waals surface area (Å²) in [5.41, 5.74) is 4.69. The number of halogens is 3. The maximum absolute atomic E-state index is 14.0. The topological polar surface area (TPSA) is 174 Å². The van der Waals surface area contributed by atoms with Crippen molar-refractivity contribution in [2.75, 3.05) is 37.2 Å². The number of carbonyl (C=O) groups is 3. The number of rotatable bonds is 4. The Morgan fingerprint density at radius 2 is 1.94 bits per heavy atom. The fourth-order valence-electron chi connectivity index (χ4n) is 6.54. The summed E-state index contributed by atoms with van der Waals surface area (Å²) in [5.74, 6) is -1.49. The van der Waals surface area contributed by atoms with Crippen molar-refractivity contribution in [3.05, 3.63) is 69.5 Å². The highest BCUT2D eigenvalue weighted by atomic mass is 35.5. The van der Waals surface area contributed by atoms with Gasteiger partial charge in [-0.15, -0.1) is 0 Å². The predicted octanol–water partition coefficient (Wildman–Crippen LogP) is 5.75. The Morgan fingerprint density at radius 3 is 2.63 bits per heavy atom. The molecule has 2 saturated heterocycles. The van der Waals surface area contributed by atoms with Gasteiger partial charge in [0, 0.05) is 32.6 Å². The quantitative estimate of drug-likeness (QED) is 0.223. The van der Waals surface area contributed by atoms with Gasteiger partial charge in [-0.2, -0.15) is 0 Å². The number of alkyl carbamates (subject to hydrolysis) is 1. The number of carbonyl (C=O) groups excluding carboxylic acids is 3. The number of fused-ring (bicyclic) bond motifs is 5. The second-order valence-electron chi connectivity index (χ2n) is 13.2. The largest absolute Gasteiger partial charge is 0.495 e. The van der Waals surface area contributed by atoms with E-state index in [2.05, 4.69) is 10.6 Å². The summed E-state index contributed by atoms with van der Waals surface area (Å²) in [4.78, 5) is 41.5. The molecule has 2 aromatic rings. The van der Waals surface area contributed by atoms with Crippen LogP contribution in [0.4, 0.5) is 31.0 Å². The van der Waals surface area contributed by atoms with Crippen LogP contribution in [0.2, 0.25) is 10.0 Å². The summed E-state index contributed by atoms with van der Waals surface area (Å²) >= 11 is 12.6. The Kier molecular flexibility index (Phi) is 11.1. The van der Waals surface area contributed by atoms with Crippen LogP contribution in [-0.4, -0.2) is 80.2 Å². The molecule has 0 spiro atoms. The van der Waals surface area contributed by atoms with Crippen LogP contribution in [0.5, 0.6) is 5.75 Å². The molecule has 0 saturated carbocycles. The molecule has 2 aromatic carbocycles. The van der Waals surface area contributed by atoms with Gasteiger partial charge < -0.3 is 39.4 Å². The molecule has 3 aliphatic heterocycles. The third kappa shape index (κ3) is 8.05. The molecule has 3 aliphatic rings. The van der Waals surface area contributed by atoms with Crippen molar-refractivity contribution in [3.63, 3.8) is 0 Å². The molecule has 51 heavy (non-hydrogen) atoms. The Morgan fingerprint density at radius 1 is 1.22 bits per heavy atom. The third-order valence-corrected chi connectivity index (χ3v) is 10.2. The molecule has 7 atom stereocenters. The van der Waals surface area contributed by atoms with Crippen LogP contribution in [0.3, 0.4) is 0 Å². The Bertz CT molecular complexity index is 1780. The highest BCUT2D eigenvalue weighted by Crippen LogP contribution is 2.49. The second-order valence-corrected chi connectivity index (χ2v) is 14.0. The molecule has 4 bridgehead atoms. The van der Waals surface area contributed by atoms with E-state index in [1.165, 1.54) is 26.2 Å². The number of aliphatic hydroxyl groups is 1. The van der Waals surface area contributed by atoms with Gasteiger partial charge in [0.2, 0.25) is 5.91 Å². The van der Waals surface area contributed by atoms with Crippen LogP contribution in [0.1, 0.15) is 39.2 Å². The normalized spacial score (nSPS) is 31.3. The standard InChI is InChI=1S/C35H41Cl2FN4O9/c1-17-8-7-9-27(48-6)35(46)16-26(49-33(45)41-35)18(2)31-34(3,51-31)28(50-32(44)40-23-13-20(36)21(38)14-22(23)39)15-29(43)42(4)24-11-19(10-17)12-25(47-5)30(24)37/h7-9,11-14,18,26-28,31,46H,10,15-16,39H2,1-6H3,(H,40,44)(H,41,45)/b9-7+,17-8+/t18-,26+,27-,28+,31+,34+,35+/m1/s1. The highest BCUT2D eigenvalue weighted by molar-refractivity contribution is 6.35. The average Bonchev–Trinajstić information content (AvgIpc) is 3.76. The lowest BCUT2D eigenvalue weighted by molar-refractivity contribution is -0.142. The van der Waals surface area contributed by atoms with Crippen molar-refractivity contribution in [2.45, 2.75) is 75.8 Å². The van der Waals surface area contributed by atoms with Crippen LogP contribution < -0.4 is 26.0 Å². The summed E-state index contributed by atoms with van der Waals surface area (Å²) in [5, 5.41) is 16.5. The fourth-order valence-corrected chi connectivity index (χ4v) is 7.02. The molecule has 276 valence electrons. The third-order valence-electron chi connectivity index (χ3n) is 9.53. The van der Waals surface area contributed by atoms with Crippen molar-refractivity contribution < 1.29 is 47.6 Å². The Balaban J connectivity index is 1.54. The second kappa shape index (κ2) is 14.9. The SMILES string of the molecule is COc1cc2cc(c1Cl)N(C)C(=O)C[C@H](OC(=O)Nc1cc(Cl)c(F)cc1N)[C@]1(C)O[C@H]1[C@H](C)[C@@H]1C[C@@](O)(NC(=O)O1)[C@H](OC)/C=C/C=C(\C)C2. The molecule has 5 N–H and O–H groups in total. The zero-order valence-electron chi connectivity index (χ0n) is 28.9. The van der Waals surface area contributed by atoms with Crippen LogP contribution >= 0.6 is 23.2 Å². The van der Waals surface area contributed by atoms with E-state index in [1.54, 1.807) is 38.1 Å². The van der Waals surface area contributed by atoms with Crippen LogP contribution in [0, 0.1) is 11.7 Å². The monoisotopic (exact) mass is 750 g/mol. The number of nitrogen functional groups attached to an aromatic ring is 1. The summed E-state index contributed by atoms with van der Waals surface area (Å²) in [7, 11) is 4.42. The van der Waals surface area contributed by atoms with E-state index in [4.69, 9.17) is 52.6 Å². The van der Waals surface area contributed by atoms with Crippen molar-refractivity contribution in [1.82, 2.24) is 5.32 Å². The van der Waals surface area contributed by atoms with Crippen LogP contribution in [0.15, 0.2) is 48.1 Å². The first-order valence-corrected chi connectivity index (χ1v) is 16.9. The molecule has 2 fully saturated rings. The summed E-state index contributed by atoms with van der Waals surface area (Å²) < 4.78 is 42.7. The molecule has 0 aliphatic carbocycles. The van der Waals surface area contributed by atoms with Gasteiger partial charge in [-0.1, -0.05) is 53.9 Å². The van der Waals surface area contributed by atoms with Crippen molar-refractivity contribution in [1.29, 1.82) is 0 Å². The number of ether oxygens (including phenoxy) is 5. The molecule has 0 radical (unpaired) electrons. The smallest absolute Gasteiger partial charge is 0.412 e. The lowest BCUT2D eigenvalue weighted by atomic mass is 9.83. The highest BCUT2D eigenvalue weighted by Gasteiger charge is 2.64. The fraction of sp³-hybridized carbons (Fsp3) is 0.457. The molecule has 3 heterocycles. The maximum atomic E-state index is 14.0. The lowest BCUT2D eigenvalue weighted by Crippen LogP contribution is -2.63. The van der Waals surface area contributed by atoms with Crippen LogP contribution in [-0.2, 0) is 30.2 Å². The predicted molar refractivity (Wildman–Crippen MR) is 189 cm³/mol. The van der Waals surface area contributed by atoms with Gasteiger partial charge >= 0.3 is 12.2 Å². The van der Waals surface area contributed by atoms with E-state index in [0.29, 0.717) is 17.9 Å². The van der Waals surface area contributed by atoms with E-state index < -0.39 is 65.6 Å². The van der Waals surface area contributed by atoms with Gasteiger partial charge in [-0.3, -0.25) is 15.4 Å². The summed E-state index contributed by atoms with van der Waals surface area (Å²) in [6.07, 6.45) is -0.475. The molecular weight excluding hydrogens is 710 g/mol. The van der Waals surface area contributed by atoms with Gasteiger partial charge in [-0.25, -0.2) is 14.0 Å². The first-order chi connectivity index (χ1) is 24.0. The zero-order valence-corrected chi connectivity index (χ0v) is 30.4. The zero-order chi connectivity index (χ0) is 37.4. The van der Waals surface area contributed by atoms with Gasteiger partial charge in [-0.05, 0) is 44.0 Å². The van der Waals surface area contributed by atoms with E-state index >= 15 is 0 Å².